The largest absolute Gasteiger partial charge is 0.494 e. The lowest BCUT2D eigenvalue weighted by molar-refractivity contribution is -0.116. The van der Waals surface area contributed by atoms with Gasteiger partial charge in [-0.05, 0) is 61.8 Å². The average Bonchev–Trinajstić information content (AvgIpc) is 3.17. The van der Waals surface area contributed by atoms with Crippen LogP contribution in [0.25, 0.3) is 21.5 Å². The number of nitrogens with zero attached hydrogens (tertiary/aromatic N) is 4. The summed E-state index contributed by atoms with van der Waals surface area (Å²) in [5, 5.41) is 2.79. The van der Waals surface area contributed by atoms with Crippen molar-refractivity contribution in [3.05, 3.63) is 65.0 Å². The molecule has 0 atom stereocenters. The van der Waals surface area contributed by atoms with E-state index in [4.69, 9.17) is 4.74 Å². The highest BCUT2D eigenvalue weighted by molar-refractivity contribution is 7.13. The summed E-state index contributed by atoms with van der Waals surface area (Å²) in [5.74, 6) is 0.863. The van der Waals surface area contributed by atoms with Crippen LogP contribution in [-0.4, -0.2) is 31.4 Å². The maximum atomic E-state index is 13.0. The fourth-order valence-electron chi connectivity index (χ4n) is 3.05. The summed E-state index contributed by atoms with van der Waals surface area (Å²) in [4.78, 5) is 34.1. The van der Waals surface area contributed by atoms with E-state index < -0.39 is 0 Å². The molecule has 0 bridgehead atoms. The first-order valence-corrected chi connectivity index (χ1v) is 10.1. The quantitative estimate of drug-likeness (QED) is 0.513. The maximum Gasteiger partial charge on any atom is 0.273 e. The third-order valence-corrected chi connectivity index (χ3v) is 5.30. The third-order valence-electron chi connectivity index (χ3n) is 4.48. The zero-order valence-corrected chi connectivity index (χ0v) is 17.3. The van der Waals surface area contributed by atoms with Crippen LogP contribution in [0.15, 0.2) is 53.6 Å². The molecule has 0 saturated carbocycles. The first-order chi connectivity index (χ1) is 14.6. The molecular weight excluding hydrogens is 402 g/mol. The number of benzene rings is 1. The Morgan fingerprint density at radius 1 is 1.17 bits per heavy atom. The number of fused-ring (bicyclic) bond motifs is 1. The fraction of sp³-hybridized carbons (Fsp3) is 0.190. The molecule has 9 heteroatoms. The number of aryl methyl sites for hydroxylation is 1. The Balaban J connectivity index is 1.58. The minimum Gasteiger partial charge on any atom is -0.494 e. The summed E-state index contributed by atoms with van der Waals surface area (Å²) < 4.78 is 11.6. The highest BCUT2D eigenvalue weighted by atomic mass is 32.1. The minimum absolute atomic E-state index is 0.136. The van der Waals surface area contributed by atoms with Gasteiger partial charge in [0.25, 0.3) is 5.56 Å². The van der Waals surface area contributed by atoms with Gasteiger partial charge in [0.2, 0.25) is 5.91 Å². The van der Waals surface area contributed by atoms with Gasteiger partial charge in [0.15, 0.2) is 0 Å². The van der Waals surface area contributed by atoms with Gasteiger partial charge < -0.3 is 10.1 Å². The summed E-state index contributed by atoms with van der Waals surface area (Å²) >= 11 is 1.08. The van der Waals surface area contributed by atoms with Gasteiger partial charge in [-0.2, -0.15) is 4.37 Å². The second-order valence-corrected chi connectivity index (χ2v) is 7.27. The predicted octanol–water partition coefficient (Wildman–Crippen LogP) is 3.26. The summed E-state index contributed by atoms with van der Waals surface area (Å²) in [6, 6.07) is 10.7. The number of ether oxygens (including phenoxy) is 1. The van der Waals surface area contributed by atoms with Crippen molar-refractivity contribution in [2.45, 2.75) is 20.4 Å². The average molecular weight is 421 g/mol. The van der Waals surface area contributed by atoms with Crippen LogP contribution >= 0.6 is 11.5 Å². The van der Waals surface area contributed by atoms with Gasteiger partial charge in [0, 0.05) is 23.6 Å². The SMILES string of the molecule is CCOc1ccc(NC(=O)Cn2c(C)nc3c(-c4ccncc4)nsc3c2=O)cc1. The zero-order valence-electron chi connectivity index (χ0n) is 16.5. The van der Waals surface area contributed by atoms with E-state index >= 15 is 0 Å². The zero-order chi connectivity index (χ0) is 21.1. The van der Waals surface area contributed by atoms with Crippen molar-refractivity contribution in [2.75, 3.05) is 11.9 Å². The van der Waals surface area contributed by atoms with Gasteiger partial charge in [0.1, 0.15) is 34.0 Å². The molecule has 0 saturated heterocycles. The highest BCUT2D eigenvalue weighted by Gasteiger charge is 2.18. The van der Waals surface area contributed by atoms with Crippen LogP contribution in [0, 0.1) is 6.92 Å². The molecule has 30 heavy (non-hydrogen) atoms. The van der Waals surface area contributed by atoms with Gasteiger partial charge in [-0.25, -0.2) is 4.98 Å². The molecule has 0 unspecified atom stereocenters. The maximum absolute atomic E-state index is 13.0. The predicted molar refractivity (Wildman–Crippen MR) is 116 cm³/mol. The van der Waals surface area contributed by atoms with Gasteiger partial charge >= 0.3 is 0 Å². The van der Waals surface area contributed by atoms with Gasteiger partial charge in [-0.1, -0.05) is 0 Å². The van der Waals surface area contributed by atoms with E-state index in [1.54, 1.807) is 43.6 Å². The van der Waals surface area contributed by atoms with Crippen LogP contribution < -0.4 is 15.6 Å². The number of carbonyl (C=O) groups is 1. The summed E-state index contributed by atoms with van der Waals surface area (Å²) in [5.41, 5.74) is 2.37. The van der Waals surface area contributed by atoms with Crippen LogP contribution in [0.2, 0.25) is 0 Å². The smallest absolute Gasteiger partial charge is 0.273 e. The van der Waals surface area contributed by atoms with Crippen molar-refractivity contribution < 1.29 is 9.53 Å². The van der Waals surface area contributed by atoms with Crippen LogP contribution in [0.3, 0.4) is 0 Å². The number of nitrogens with one attached hydrogen (secondary N) is 1. The molecule has 152 valence electrons. The Labute approximate surface area is 176 Å². The molecule has 1 aromatic carbocycles. The van der Waals surface area contributed by atoms with Gasteiger partial charge in [0.05, 0.1) is 6.61 Å². The van der Waals surface area contributed by atoms with Gasteiger partial charge in [-0.3, -0.25) is 19.1 Å². The van der Waals surface area contributed by atoms with Crippen LogP contribution in [0.5, 0.6) is 5.75 Å². The second kappa shape index (κ2) is 8.42. The summed E-state index contributed by atoms with van der Waals surface area (Å²) in [6.07, 6.45) is 3.33. The molecule has 4 aromatic rings. The molecule has 0 aliphatic carbocycles. The Bertz CT molecular complexity index is 1250. The molecule has 1 amide bonds. The first-order valence-electron chi connectivity index (χ1n) is 9.36. The van der Waals surface area contributed by atoms with Crippen molar-refractivity contribution >= 4 is 33.3 Å². The number of pyridine rings is 1. The number of amides is 1. The molecule has 3 heterocycles. The number of hydrogen-bond donors (Lipinski definition) is 1. The van der Waals surface area contributed by atoms with Crippen LogP contribution in [0.1, 0.15) is 12.7 Å². The Morgan fingerprint density at radius 2 is 1.90 bits per heavy atom. The molecule has 4 rings (SSSR count). The first kappa shape index (κ1) is 19.7. The summed E-state index contributed by atoms with van der Waals surface area (Å²) in [6.45, 7) is 4.05. The Morgan fingerprint density at radius 3 is 2.60 bits per heavy atom. The van der Waals surface area contributed by atoms with E-state index in [1.807, 2.05) is 19.1 Å². The lowest BCUT2D eigenvalue weighted by atomic mass is 10.2. The molecular formula is C21H19N5O3S. The van der Waals surface area contributed by atoms with Crippen molar-refractivity contribution in [3.8, 4) is 17.0 Å². The molecule has 0 radical (unpaired) electrons. The molecule has 1 N–H and O–H groups in total. The molecule has 8 nitrogen and oxygen atoms in total. The van der Waals surface area contributed by atoms with Crippen molar-refractivity contribution in [3.63, 3.8) is 0 Å². The molecule has 3 aromatic heterocycles. The van der Waals surface area contributed by atoms with E-state index in [9.17, 15) is 9.59 Å². The normalized spacial score (nSPS) is 10.9. The van der Waals surface area contributed by atoms with Crippen LogP contribution in [-0.2, 0) is 11.3 Å². The van der Waals surface area contributed by atoms with Crippen molar-refractivity contribution in [1.29, 1.82) is 0 Å². The topological polar surface area (TPSA) is 99.0 Å². The Kier molecular flexibility index (Phi) is 5.53. The standard InChI is InChI=1S/C21H19N5O3S/c1-3-29-16-6-4-15(5-7-16)24-17(27)12-26-13(2)23-19-18(14-8-10-22-11-9-14)25-30-20(19)21(26)28/h4-11H,3,12H2,1-2H3,(H,24,27). The van der Waals surface area contributed by atoms with E-state index in [0.29, 0.717) is 34.0 Å². The summed E-state index contributed by atoms with van der Waals surface area (Å²) in [7, 11) is 0. The van der Waals surface area contributed by atoms with E-state index in [1.165, 1.54) is 4.57 Å². The lowest BCUT2D eigenvalue weighted by Crippen LogP contribution is -2.29. The number of hydrogen-bond acceptors (Lipinski definition) is 7. The highest BCUT2D eigenvalue weighted by Crippen LogP contribution is 2.27. The van der Waals surface area contributed by atoms with Crippen molar-refractivity contribution in [1.82, 2.24) is 18.9 Å². The molecule has 0 aliphatic rings. The number of rotatable bonds is 6. The number of carbonyl (C=O) groups excluding carboxylic acids is 1. The second-order valence-electron chi connectivity index (χ2n) is 6.50. The lowest BCUT2D eigenvalue weighted by Gasteiger charge is -2.11. The van der Waals surface area contributed by atoms with Crippen LogP contribution in [0.4, 0.5) is 5.69 Å². The Hall–Kier alpha value is -3.59. The minimum atomic E-state index is -0.315. The number of anilines is 1. The number of aromatic nitrogens is 4. The molecule has 0 aliphatic heterocycles. The van der Waals surface area contributed by atoms with E-state index in [-0.39, 0.29) is 18.0 Å². The van der Waals surface area contributed by atoms with E-state index in [2.05, 4.69) is 19.7 Å². The van der Waals surface area contributed by atoms with E-state index in [0.717, 1.165) is 22.8 Å². The fourth-order valence-corrected chi connectivity index (χ4v) is 3.84. The molecule has 0 fully saturated rings. The van der Waals surface area contributed by atoms with Gasteiger partial charge in [-0.15, -0.1) is 0 Å². The molecule has 0 spiro atoms. The monoisotopic (exact) mass is 421 g/mol. The third kappa shape index (κ3) is 3.92. The van der Waals surface area contributed by atoms with Crippen molar-refractivity contribution in [2.24, 2.45) is 0 Å².